The van der Waals surface area contributed by atoms with Crippen LogP contribution in [-0.2, 0) is 16.4 Å². The predicted molar refractivity (Wildman–Crippen MR) is 137 cm³/mol. The number of carbonyl (C=O) groups excluding carboxylic acids is 1. The van der Waals surface area contributed by atoms with Crippen LogP contribution in [-0.4, -0.2) is 19.4 Å². The van der Waals surface area contributed by atoms with Gasteiger partial charge < -0.3 is 5.32 Å². The van der Waals surface area contributed by atoms with E-state index in [1.165, 1.54) is 17.7 Å². The third-order valence-corrected chi connectivity index (χ3v) is 6.62. The number of nitrogens with one attached hydrogen (secondary N) is 3. The highest BCUT2D eigenvalue weighted by Gasteiger charge is 2.15. The largest absolute Gasteiger partial charge is 0.332 e. The highest BCUT2D eigenvalue weighted by Crippen LogP contribution is 2.22. The number of amides is 1. The Bertz CT molecular complexity index is 1250. The molecule has 33 heavy (non-hydrogen) atoms. The zero-order valence-corrected chi connectivity index (χ0v) is 20.4. The third-order valence-electron chi connectivity index (χ3n) is 5.03. The van der Waals surface area contributed by atoms with Crippen molar-refractivity contribution in [2.24, 2.45) is 0 Å². The van der Waals surface area contributed by atoms with Crippen molar-refractivity contribution in [1.82, 2.24) is 5.32 Å². The lowest BCUT2D eigenvalue weighted by atomic mass is 10.1. The number of sulfonamides is 1. The molecule has 0 fully saturated rings. The van der Waals surface area contributed by atoms with Gasteiger partial charge in [0.2, 0.25) is 0 Å². The number of rotatable bonds is 7. The van der Waals surface area contributed by atoms with E-state index in [2.05, 4.69) is 22.3 Å². The van der Waals surface area contributed by atoms with Crippen LogP contribution in [0.3, 0.4) is 0 Å². The molecule has 0 saturated heterocycles. The minimum atomic E-state index is -3.74. The molecule has 0 spiro atoms. The summed E-state index contributed by atoms with van der Waals surface area (Å²) in [6.07, 6.45) is 2.01. The van der Waals surface area contributed by atoms with Gasteiger partial charge in [-0.3, -0.25) is 14.8 Å². The molecular weight excluding hydrogens is 454 g/mol. The van der Waals surface area contributed by atoms with Crippen LogP contribution in [0.4, 0.5) is 11.4 Å². The summed E-state index contributed by atoms with van der Waals surface area (Å²) in [4.78, 5) is 12.5. The molecule has 0 radical (unpaired) electrons. The normalized spacial score (nSPS) is 11.0. The molecule has 172 valence electrons. The Hall–Kier alpha value is -3.23. The molecule has 3 aromatic rings. The van der Waals surface area contributed by atoms with E-state index in [1.807, 2.05) is 38.1 Å². The highest BCUT2D eigenvalue weighted by atomic mass is 32.2. The lowest BCUT2D eigenvalue weighted by molar-refractivity contribution is 0.0977. The smallest absolute Gasteiger partial charge is 0.261 e. The Morgan fingerprint density at radius 3 is 2.21 bits per heavy atom. The standard InChI is InChI=1S/C25H27N3O3S2/c1-4-5-19-7-9-20(10-8-19)24(29)27-25(32)26-21-11-13-22(14-12-21)33(30,31)28-23-15-6-17(2)16-18(23)3/h6-16,28H,4-5H2,1-3H3,(H2,26,27,29,32). The van der Waals surface area contributed by atoms with Gasteiger partial charge in [0.1, 0.15) is 0 Å². The fourth-order valence-corrected chi connectivity index (χ4v) is 4.64. The van der Waals surface area contributed by atoms with Gasteiger partial charge in [0.15, 0.2) is 5.11 Å². The lowest BCUT2D eigenvalue weighted by Crippen LogP contribution is -2.34. The second kappa shape index (κ2) is 10.6. The van der Waals surface area contributed by atoms with E-state index < -0.39 is 10.0 Å². The molecule has 0 heterocycles. The number of anilines is 2. The molecular formula is C25H27N3O3S2. The first kappa shape index (κ1) is 24.4. The van der Waals surface area contributed by atoms with Crippen molar-refractivity contribution in [2.45, 2.75) is 38.5 Å². The van der Waals surface area contributed by atoms with Gasteiger partial charge in [0.25, 0.3) is 15.9 Å². The predicted octanol–water partition coefficient (Wildman–Crippen LogP) is 5.18. The quantitative estimate of drug-likeness (QED) is 0.405. The molecule has 1 amide bonds. The minimum Gasteiger partial charge on any atom is -0.332 e. The monoisotopic (exact) mass is 481 g/mol. The molecule has 0 atom stereocenters. The maximum Gasteiger partial charge on any atom is 0.261 e. The van der Waals surface area contributed by atoms with Gasteiger partial charge in [-0.15, -0.1) is 0 Å². The third kappa shape index (κ3) is 6.63. The van der Waals surface area contributed by atoms with Gasteiger partial charge in [0, 0.05) is 11.3 Å². The zero-order valence-electron chi connectivity index (χ0n) is 18.8. The summed E-state index contributed by atoms with van der Waals surface area (Å²) in [6, 6.07) is 19.1. The van der Waals surface area contributed by atoms with Crippen molar-refractivity contribution in [2.75, 3.05) is 10.0 Å². The van der Waals surface area contributed by atoms with Crippen LogP contribution in [0.25, 0.3) is 0 Å². The molecule has 0 saturated carbocycles. The summed E-state index contributed by atoms with van der Waals surface area (Å²) in [5.41, 5.74) is 4.69. The first-order valence-corrected chi connectivity index (χ1v) is 12.5. The topological polar surface area (TPSA) is 87.3 Å². The van der Waals surface area contributed by atoms with E-state index in [9.17, 15) is 13.2 Å². The van der Waals surface area contributed by atoms with Gasteiger partial charge in [-0.05, 0) is 86.1 Å². The summed E-state index contributed by atoms with van der Waals surface area (Å²) in [5, 5.41) is 5.66. The molecule has 0 aliphatic carbocycles. The van der Waals surface area contributed by atoms with E-state index in [4.69, 9.17) is 12.2 Å². The number of thiocarbonyl (C=S) groups is 1. The van der Waals surface area contributed by atoms with E-state index in [0.29, 0.717) is 16.9 Å². The summed E-state index contributed by atoms with van der Waals surface area (Å²) in [7, 11) is -3.74. The SMILES string of the molecule is CCCc1ccc(C(=O)NC(=S)Nc2ccc(S(=O)(=O)Nc3ccc(C)cc3C)cc2)cc1. The van der Waals surface area contributed by atoms with Crippen LogP contribution < -0.4 is 15.4 Å². The molecule has 8 heteroatoms. The van der Waals surface area contributed by atoms with Crippen molar-refractivity contribution in [1.29, 1.82) is 0 Å². The van der Waals surface area contributed by atoms with Crippen molar-refractivity contribution in [3.63, 3.8) is 0 Å². The molecule has 0 aromatic heterocycles. The van der Waals surface area contributed by atoms with Gasteiger partial charge in [-0.25, -0.2) is 8.42 Å². The molecule has 3 rings (SSSR count). The molecule has 0 aliphatic rings. The summed E-state index contributed by atoms with van der Waals surface area (Å²) in [5.74, 6) is -0.313. The number of benzene rings is 3. The van der Waals surface area contributed by atoms with Crippen LogP contribution in [0.2, 0.25) is 0 Å². The van der Waals surface area contributed by atoms with Crippen molar-refractivity contribution in [3.8, 4) is 0 Å². The molecule has 0 aliphatic heterocycles. The van der Waals surface area contributed by atoms with E-state index >= 15 is 0 Å². The van der Waals surface area contributed by atoms with E-state index in [0.717, 1.165) is 24.0 Å². The summed E-state index contributed by atoms with van der Waals surface area (Å²) >= 11 is 5.22. The van der Waals surface area contributed by atoms with Crippen molar-refractivity contribution in [3.05, 3.63) is 89.0 Å². The van der Waals surface area contributed by atoms with Crippen LogP contribution in [0.1, 0.15) is 40.4 Å². The van der Waals surface area contributed by atoms with Gasteiger partial charge in [-0.1, -0.05) is 43.2 Å². The van der Waals surface area contributed by atoms with Gasteiger partial charge >= 0.3 is 0 Å². The number of hydrogen-bond donors (Lipinski definition) is 3. The number of hydrogen-bond acceptors (Lipinski definition) is 4. The fourth-order valence-electron chi connectivity index (χ4n) is 3.30. The second-order valence-corrected chi connectivity index (χ2v) is 9.89. The van der Waals surface area contributed by atoms with Crippen molar-refractivity contribution < 1.29 is 13.2 Å². The Balaban J connectivity index is 1.61. The number of aryl methyl sites for hydroxylation is 3. The second-order valence-electron chi connectivity index (χ2n) is 7.80. The van der Waals surface area contributed by atoms with Crippen LogP contribution in [0, 0.1) is 13.8 Å². The maximum absolute atomic E-state index is 12.7. The van der Waals surface area contributed by atoms with E-state index in [-0.39, 0.29) is 15.9 Å². The van der Waals surface area contributed by atoms with Crippen molar-refractivity contribution >= 4 is 44.6 Å². The average Bonchev–Trinajstić information content (AvgIpc) is 2.76. The Morgan fingerprint density at radius 1 is 0.939 bits per heavy atom. The average molecular weight is 482 g/mol. The Morgan fingerprint density at radius 2 is 1.61 bits per heavy atom. The first-order chi connectivity index (χ1) is 15.7. The maximum atomic E-state index is 12.7. The molecule has 0 bridgehead atoms. The molecule has 3 aromatic carbocycles. The highest BCUT2D eigenvalue weighted by molar-refractivity contribution is 7.92. The minimum absolute atomic E-state index is 0.121. The molecule has 3 N–H and O–H groups in total. The number of carbonyl (C=O) groups is 1. The zero-order chi connectivity index (χ0) is 24.0. The fraction of sp³-hybridized carbons (Fsp3) is 0.200. The summed E-state index contributed by atoms with van der Waals surface area (Å²) in [6.45, 7) is 5.91. The Kier molecular flexibility index (Phi) is 7.84. The van der Waals surface area contributed by atoms with Gasteiger partial charge in [0.05, 0.1) is 10.6 Å². The van der Waals surface area contributed by atoms with Crippen LogP contribution in [0.5, 0.6) is 0 Å². The summed E-state index contributed by atoms with van der Waals surface area (Å²) < 4.78 is 28.1. The Labute approximate surface area is 200 Å². The van der Waals surface area contributed by atoms with Gasteiger partial charge in [-0.2, -0.15) is 0 Å². The molecule has 0 unspecified atom stereocenters. The molecule has 6 nitrogen and oxygen atoms in total. The van der Waals surface area contributed by atoms with Crippen LogP contribution in [0.15, 0.2) is 71.6 Å². The lowest BCUT2D eigenvalue weighted by Gasteiger charge is -2.13. The van der Waals surface area contributed by atoms with E-state index in [1.54, 1.807) is 30.3 Å². The van der Waals surface area contributed by atoms with Crippen LogP contribution >= 0.6 is 12.2 Å². The first-order valence-electron chi connectivity index (χ1n) is 10.6.